The summed E-state index contributed by atoms with van der Waals surface area (Å²) >= 11 is 0. The molecule has 0 heterocycles. The van der Waals surface area contributed by atoms with Crippen molar-refractivity contribution in [2.24, 2.45) is 0 Å². The Morgan fingerprint density at radius 1 is 0.667 bits per heavy atom. The smallest absolute Gasteiger partial charge is 0.370 e. The van der Waals surface area contributed by atoms with Crippen LogP contribution in [0.3, 0.4) is 0 Å². The zero-order valence-corrected chi connectivity index (χ0v) is 15.7. The Morgan fingerprint density at radius 3 is 1.62 bits per heavy atom. The fourth-order valence-corrected chi connectivity index (χ4v) is 4.38. The van der Waals surface area contributed by atoms with Crippen molar-refractivity contribution in [1.29, 1.82) is 0 Å². The fraction of sp³-hybridized carbons (Fsp3) is 0.882. The molecule has 0 spiro atoms. The van der Waals surface area contributed by atoms with Crippen LogP contribution >= 0.6 is 0 Å². The molecule has 0 bridgehead atoms. The highest BCUT2D eigenvalue weighted by atomic mass is 28.4. The third-order valence-corrected chi connectivity index (χ3v) is 5.53. The molecule has 0 unspecified atom stereocenters. The molecule has 0 aromatic carbocycles. The molecule has 21 heavy (non-hydrogen) atoms. The van der Waals surface area contributed by atoms with Crippen molar-refractivity contribution in [2.45, 2.75) is 79.1 Å². The number of allylic oxidation sites excluding steroid dienone is 1. The lowest BCUT2D eigenvalue weighted by atomic mass is 10.2. The molecule has 0 saturated heterocycles. The molecule has 0 fully saturated rings. The number of unbranched alkanes of at least 4 members (excludes halogenated alkanes) is 4. The maximum atomic E-state index is 6.02. The molecule has 0 atom stereocenters. The second-order valence-electron chi connectivity index (χ2n) is 5.40. The number of hydrogen-bond acceptors (Lipinski definition) is 3. The molecule has 0 aromatic rings. The van der Waals surface area contributed by atoms with Crippen LogP contribution in [0.25, 0.3) is 0 Å². The second-order valence-corrected chi connectivity index (χ2v) is 7.81. The van der Waals surface area contributed by atoms with Gasteiger partial charge in [0.2, 0.25) is 0 Å². The predicted molar refractivity (Wildman–Crippen MR) is 92.4 cm³/mol. The van der Waals surface area contributed by atoms with Crippen LogP contribution in [0.15, 0.2) is 11.8 Å². The molecular weight excluding hydrogens is 280 g/mol. The van der Waals surface area contributed by atoms with Crippen LogP contribution in [-0.2, 0) is 13.3 Å². The summed E-state index contributed by atoms with van der Waals surface area (Å²) in [6, 6.07) is 0. The Bertz CT molecular complexity index is 222. The van der Waals surface area contributed by atoms with Crippen LogP contribution < -0.4 is 0 Å². The summed E-state index contributed by atoms with van der Waals surface area (Å²) in [5, 5.41) is 0. The van der Waals surface area contributed by atoms with E-state index < -0.39 is 8.80 Å². The quantitative estimate of drug-likeness (QED) is 0.304. The zero-order valence-electron chi connectivity index (χ0n) is 14.7. The molecule has 3 nitrogen and oxygen atoms in total. The monoisotopic (exact) mass is 316 g/mol. The fourth-order valence-electron chi connectivity index (χ4n) is 1.92. The molecule has 0 N–H and O–H groups in total. The molecule has 0 rings (SSSR count). The molecule has 4 heteroatoms. The van der Waals surface area contributed by atoms with Gasteiger partial charge in [0, 0.05) is 19.8 Å². The average Bonchev–Trinajstić information content (AvgIpc) is 2.51. The van der Waals surface area contributed by atoms with Crippen LogP contribution in [0, 0.1) is 0 Å². The molecule has 0 aromatic heterocycles. The molecule has 0 saturated carbocycles. The zero-order chi connectivity index (χ0) is 15.8. The highest BCUT2D eigenvalue weighted by Gasteiger charge is 2.37. The van der Waals surface area contributed by atoms with Crippen LogP contribution in [0.4, 0.5) is 0 Å². The summed E-state index contributed by atoms with van der Waals surface area (Å²) in [5.74, 6) is 0. The highest BCUT2D eigenvalue weighted by Crippen LogP contribution is 2.15. The Labute approximate surface area is 133 Å². The van der Waals surface area contributed by atoms with Crippen molar-refractivity contribution in [3.8, 4) is 0 Å². The van der Waals surface area contributed by atoms with E-state index in [-0.39, 0.29) is 0 Å². The van der Waals surface area contributed by atoms with Gasteiger partial charge in [0.25, 0.3) is 0 Å². The van der Waals surface area contributed by atoms with Gasteiger partial charge in [-0.2, -0.15) is 0 Å². The summed E-state index contributed by atoms with van der Waals surface area (Å²) in [6.07, 6.45) is 11.4. The first-order valence-corrected chi connectivity index (χ1v) is 10.6. The SMILES string of the molecule is CCCCCCC=C[Si](OCCC)(OCCC)OCCC. The summed E-state index contributed by atoms with van der Waals surface area (Å²) in [7, 11) is -2.61. The van der Waals surface area contributed by atoms with Gasteiger partial charge in [0.05, 0.1) is 0 Å². The van der Waals surface area contributed by atoms with Gasteiger partial charge in [-0.3, -0.25) is 0 Å². The summed E-state index contributed by atoms with van der Waals surface area (Å²) in [6.45, 7) is 10.7. The molecule has 0 aliphatic carbocycles. The maximum Gasteiger partial charge on any atom is 0.529 e. The Morgan fingerprint density at radius 2 is 1.19 bits per heavy atom. The highest BCUT2D eigenvalue weighted by molar-refractivity contribution is 6.66. The minimum absolute atomic E-state index is 0.708. The first-order chi connectivity index (χ1) is 10.2. The van der Waals surface area contributed by atoms with Gasteiger partial charge >= 0.3 is 8.80 Å². The van der Waals surface area contributed by atoms with Crippen LogP contribution in [0.5, 0.6) is 0 Å². The molecular formula is C17H36O3Si. The third-order valence-electron chi connectivity index (χ3n) is 3.07. The summed E-state index contributed by atoms with van der Waals surface area (Å²) in [5.41, 5.74) is 2.11. The predicted octanol–water partition coefficient (Wildman–Crippen LogP) is 5.27. The van der Waals surface area contributed by atoms with Gasteiger partial charge in [-0.15, -0.1) is 0 Å². The largest absolute Gasteiger partial charge is 0.529 e. The van der Waals surface area contributed by atoms with Crippen molar-refractivity contribution >= 4 is 8.80 Å². The van der Waals surface area contributed by atoms with Crippen molar-refractivity contribution in [2.75, 3.05) is 19.8 Å². The van der Waals surface area contributed by atoms with Crippen molar-refractivity contribution < 1.29 is 13.3 Å². The van der Waals surface area contributed by atoms with Crippen molar-refractivity contribution in [3.05, 3.63) is 11.8 Å². The standard InChI is InChI=1S/C17H36O3Si/c1-5-9-10-11-12-13-17-21(18-14-6-2,19-15-7-3)20-16-8-4/h13,17H,5-12,14-16H2,1-4H3. The van der Waals surface area contributed by atoms with E-state index in [0.29, 0.717) is 19.8 Å². The summed E-state index contributed by atoms with van der Waals surface area (Å²) in [4.78, 5) is 0. The molecule has 126 valence electrons. The van der Waals surface area contributed by atoms with Gasteiger partial charge in [-0.25, -0.2) is 0 Å². The minimum atomic E-state index is -2.61. The van der Waals surface area contributed by atoms with Gasteiger partial charge in [-0.05, 0) is 37.8 Å². The normalized spacial score (nSPS) is 12.4. The van der Waals surface area contributed by atoms with Crippen LogP contribution in [0.2, 0.25) is 0 Å². The molecule has 0 aliphatic rings. The lowest BCUT2D eigenvalue weighted by Crippen LogP contribution is -2.45. The van der Waals surface area contributed by atoms with E-state index in [1.165, 1.54) is 25.7 Å². The Hall–Kier alpha value is -0.163. The minimum Gasteiger partial charge on any atom is -0.370 e. The maximum absolute atomic E-state index is 6.02. The van der Waals surface area contributed by atoms with Crippen LogP contribution in [0.1, 0.15) is 79.1 Å². The van der Waals surface area contributed by atoms with E-state index in [0.717, 1.165) is 25.7 Å². The number of rotatable bonds is 15. The molecule has 0 radical (unpaired) electrons. The summed E-state index contributed by atoms with van der Waals surface area (Å²) < 4.78 is 18.1. The van der Waals surface area contributed by atoms with Crippen molar-refractivity contribution in [1.82, 2.24) is 0 Å². The van der Waals surface area contributed by atoms with E-state index in [1.807, 2.05) is 0 Å². The van der Waals surface area contributed by atoms with Gasteiger partial charge in [0.1, 0.15) is 0 Å². The van der Waals surface area contributed by atoms with E-state index in [4.69, 9.17) is 13.3 Å². The lowest BCUT2D eigenvalue weighted by molar-refractivity contribution is 0.0715. The van der Waals surface area contributed by atoms with E-state index in [2.05, 4.69) is 39.5 Å². The van der Waals surface area contributed by atoms with Crippen molar-refractivity contribution in [3.63, 3.8) is 0 Å². The first kappa shape index (κ1) is 20.8. The lowest BCUT2D eigenvalue weighted by Gasteiger charge is -2.26. The van der Waals surface area contributed by atoms with E-state index in [1.54, 1.807) is 0 Å². The molecule has 0 amide bonds. The van der Waals surface area contributed by atoms with Gasteiger partial charge in [0.15, 0.2) is 0 Å². The Kier molecular flexibility index (Phi) is 14.6. The van der Waals surface area contributed by atoms with Crippen LogP contribution in [-0.4, -0.2) is 28.6 Å². The second kappa shape index (κ2) is 14.8. The topological polar surface area (TPSA) is 27.7 Å². The Balaban J connectivity index is 4.50. The average molecular weight is 317 g/mol. The molecule has 0 aliphatic heterocycles. The van der Waals surface area contributed by atoms with Gasteiger partial charge in [-0.1, -0.05) is 53.0 Å². The van der Waals surface area contributed by atoms with E-state index >= 15 is 0 Å². The van der Waals surface area contributed by atoms with E-state index in [9.17, 15) is 0 Å². The number of hydrogen-bond donors (Lipinski definition) is 0. The first-order valence-electron chi connectivity index (χ1n) is 8.84. The van der Waals surface area contributed by atoms with Gasteiger partial charge < -0.3 is 13.3 Å². The third kappa shape index (κ3) is 11.1.